The van der Waals surface area contributed by atoms with Crippen molar-refractivity contribution in [2.45, 2.75) is 33.4 Å². The zero-order valence-corrected chi connectivity index (χ0v) is 17.2. The van der Waals surface area contributed by atoms with Gasteiger partial charge in [-0.15, -0.1) is 0 Å². The van der Waals surface area contributed by atoms with E-state index in [2.05, 4.69) is 27.3 Å². The van der Waals surface area contributed by atoms with Crippen LogP contribution in [0.5, 0.6) is 0 Å². The van der Waals surface area contributed by atoms with Crippen molar-refractivity contribution in [3.8, 4) is 0 Å². The molecule has 2 aliphatic rings. The summed E-state index contributed by atoms with van der Waals surface area (Å²) in [5, 5.41) is 3.08. The monoisotopic (exact) mass is 396 g/mol. The van der Waals surface area contributed by atoms with Crippen LogP contribution in [0.15, 0.2) is 41.1 Å². The third kappa shape index (κ3) is 3.79. The lowest BCUT2D eigenvalue weighted by molar-refractivity contribution is -0.131. The van der Waals surface area contributed by atoms with E-state index in [-0.39, 0.29) is 29.2 Å². The molecule has 1 unspecified atom stereocenters. The summed E-state index contributed by atoms with van der Waals surface area (Å²) in [4.78, 5) is 33.8. The van der Waals surface area contributed by atoms with Crippen LogP contribution in [0.25, 0.3) is 0 Å². The molecule has 2 saturated heterocycles. The van der Waals surface area contributed by atoms with Crippen LogP contribution in [0.4, 0.5) is 0 Å². The molecule has 0 saturated carbocycles. The number of benzene rings is 1. The maximum atomic E-state index is 13.0. The van der Waals surface area contributed by atoms with Gasteiger partial charge in [-0.3, -0.25) is 14.5 Å². The number of rotatable bonds is 5. The van der Waals surface area contributed by atoms with E-state index in [1.165, 1.54) is 12.0 Å². The predicted octanol–water partition coefficient (Wildman–Crippen LogP) is 2.08. The van der Waals surface area contributed by atoms with Crippen LogP contribution >= 0.6 is 0 Å². The molecular formula is C22H28N4O3. The molecule has 1 aromatic carbocycles. The van der Waals surface area contributed by atoms with Crippen molar-refractivity contribution < 1.29 is 14.0 Å². The highest BCUT2D eigenvalue weighted by Gasteiger charge is 2.58. The largest absolute Gasteiger partial charge is 0.438 e. The van der Waals surface area contributed by atoms with Crippen LogP contribution in [0, 0.1) is 18.3 Å². The van der Waals surface area contributed by atoms with Crippen LogP contribution in [-0.4, -0.2) is 58.8 Å². The first-order chi connectivity index (χ1) is 13.9. The highest BCUT2D eigenvalue weighted by atomic mass is 16.3. The number of aryl methyl sites for hydroxylation is 1. The molecule has 4 rings (SSSR count). The van der Waals surface area contributed by atoms with Gasteiger partial charge < -0.3 is 14.6 Å². The summed E-state index contributed by atoms with van der Waals surface area (Å²) < 4.78 is 5.27. The van der Waals surface area contributed by atoms with Crippen LogP contribution < -0.4 is 5.32 Å². The Balaban J connectivity index is 1.49. The minimum Gasteiger partial charge on any atom is -0.438 e. The molecule has 154 valence electrons. The number of carbonyl (C=O) groups is 2. The highest BCUT2D eigenvalue weighted by Crippen LogP contribution is 2.45. The number of hydrogen-bond acceptors (Lipinski definition) is 5. The molecule has 7 heteroatoms. The molecule has 0 bridgehead atoms. The summed E-state index contributed by atoms with van der Waals surface area (Å²) in [5.74, 6) is 0.101. The molecule has 0 radical (unpaired) electrons. The molecule has 2 aliphatic heterocycles. The van der Waals surface area contributed by atoms with E-state index in [0.717, 1.165) is 13.1 Å². The van der Waals surface area contributed by atoms with Gasteiger partial charge in [0.2, 0.25) is 11.7 Å². The van der Waals surface area contributed by atoms with Crippen molar-refractivity contribution >= 4 is 11.8 Å². The first kappa shape index (κ1) is 19.6. The number of amides is 2. The molecule has 1 atom stereocenters. The molecule has 2 fully saturated rings. The lowest BCUT2D eigenvalue weighted by Crippen LogP contribution is -2.64. The first-order valence-corrected chi connectivity index (χ1v) is 10.1. The van der Waals surface area contributed by atoms with E-state index in [1.807, 2.05) is 32.0 Å². The van der Waals surface area contributed by atoms with Crippen molar-refractivity contribution in [3.63, 3.8) is 0 Å². The van der Waals surface area contributed by atoms with Crippen LogP contribution in [0.3, 0.4) is 0 Å². The summed E-state index contributed by atoms with van der Waals surface area (Å²) in [5.41, 5.74) is 1.62. The van der Waals surface area contributed by atoms with E-state index < -0.39 is 0 Å². The number of hydrogen-bond donors (Lipinski definition) is 1. The Hall–Kier alpha value is -2.67. The van der Waals surface area contributed by atoms with Crippen molar-refractivity contribution in [1.29, 1.82) is 0 Å². The SMILES string of the molecule is Cc1ncoc1C(=O)N1CC2(CN(Cc3ccccc3)CC2C(=O)NC(C)C)C1. The number of oxazole rings is 1. The fourth-order valence-electron chi connectivity index (χ4n) is 4.61. The molecule has 29 heavy (non-hydrogen) atoms. The zero-order chi connectivity index (χ0) is 20.6. The van der Waals surface area contributed by atoms with Gasteiger partial charge in [0.1, 0.15) is 0 Å². The van der Waals surface area contributed by atoms with Crippen molar-refractivity contribution in [3.05, 3.63) is 53.7 Å². The second-order valence-corrected chi connectivity index (χ2v) is 8.66. The van der Waals surface area contributed by atoms with Gasteiger partial charge in [-0.05, 0) is 26.3 Å². The summed E-state index contributed by atoms with van der Waals surface area (Å²) in [7, 11) is 0. The Morgan fingerprint density at radius 3 is 2.59 bits per heavy atom. The zero-order valence-electron chi connectivity index (χ0n) is 17.2. The molecule has 1 N–H and O–H groups in total. The molecule has 1 aromatic heterocycles. The number of nitrogens with zero attached hydrogens (tertiary/aromatic N) is 3. The Morgan fingerprint density at radius 2 is 1.97 bits per heavy atom. The molecule has 0 aliphatic carbocycles. The van der Waals surface area contributed by atoms with Crippen LogP contribution in [0.2, 0.25) is 0 Å². The van der Waals surface area contributed by atoms with Gasteiger partial charge in [-0.2, -0.15) is 0 Å². The minimum absolute atomic E-state index is 0.0820. The summed E-state index contributed by atoms with van der Waals surface area (Å²) in [6.45, 7) is 9.16. The highest BCUT2D eigenvalue weighted by molar-refractivity contribution is 5.93. The fraction of sp³-hybridized carbons (Fsp3) is 0.500. The normalized spacial score (nSPS) is 20.8. The fourth-order valence-corrected chi connectivity index (χ4v) is 4.61. The second kappa shape index (κ2) is 7.63. The maximum absolute atomic E-state index is 13.0. The van der Waals surface area contributed by atoms with E-state index in [0.29, 0.717) is 31.1 Å². The molecule has 1 spiro atoms. The number of nitrogens with one attached hydrogen (secondary N) is 1. The number of likely N-dealkylation sites (tertiary alicyclic amines) is 2. The maximum Gasteiger partial charge on any atom is 0.291 e. The van der Waals surface area contributed by atoms with Gasteiger partial charge in [-0.1, -0.05) is 30.3 Å². The summed E-state index contributed by atoms with van der Waals surface area (Å²) >= 11 is 0. The van der Waals surface area contributed by atoms with Crippen molar-refractivity contribution in [2.24, 2.45) is 11.3 Å². The average molecular weight is 396 g/mol. The summed E-state index contributed by atoms with van der Waals surface area (Å²) in [6, 6.07) is 10.4. The predicted molar refractivity (Wildman–Crippen MR) is 108 cm³/mol. The number of carbonyl (C=O) groups excluding carboxylic acids is 2. The quantitative estimate of drug-likeness (QED) is 0.837. The van der Waals surface area contributed by atoms with Gasteiger partial charge in [0.15, 0.2) is 6.39 Å². The smallest absolute Gasteiger partial charge is 0.291 e. The van der Waals surface area contributed by atoms with Gasteiger partial charge in [-0.25, -0.2) is 4.98 Å². The molecule has 2 amide bonds. The second-order valence-electron chi connectivity index (χ2n) is 8.66. The van der Waals surface area contributed by atoms with Crippen molar-refractivity contribution in [1.82, 2.24) is 20.1 Å². The molecular weight excluding hydrogens is 368 g/mol. The van der Waals surface area contributed by atoms with Crippen LogP contribution in [-0.2, 0) is 11.3 Å². The molecule has 3 heterocycles. The van der Waals surface area contributed by atoms with Gasteiger partial charge in [0.25, 0.3) is 5.91 Å². The Bertz CT molecular complexity index is 886. The molecule has 7 nitrogen and oxygen atoms in total. The van der Waals surface area contributed by atoms with E-state index in [4.69, 9.17) is 4.42 Å². The topological polar surface area (TPSA) is 78.7 Å². The number of aromatic nitrogens is 1. The summed E-state index contributed by atoms with van der Waals surface area (Å²) in [6.07, 6.45) is 1.30. The Labute approximate surface area is 171 Å². The van der Waals surface area contributed by atoms with Gasteiger partial charge in [0, 0.05) is 44.2 Å². The Morgan fingerprint density at radius 1 is 1.24 bits per heavy atom. The Kier molecular flexibility index (Phi) is 5.17. The third-order valence-corrected chi connectivity index (χ3v) is 5.95. The minimum atomic E-state index is -0.211. The molecule has 2 aromatic rings. The lowest BCUT2D eigenvalue weighted by Gasteiger charge is -2.50. The van der Waals surface area contributed by atoms with Gasteiger partial charge in [0.05, 0.1) is 11.6 Å². The van der Waals surface area contributed by atoms with Crippen molar-refractivity contribution in [2.75, 3.05) is 26.2 Å². The first-order valence-electron chi connectivity index (χ1n) is 10.1. The van der Waals surface area contributed by atoms with Crippen LogP contribution in [0.1, 0.15) is 35.7 Å². The van der Waals surface area contributed by atoms with E-state index in [1.54, 1.807) is 11.8 Å². The standard InChI is InChI=1S/C22H28N4O3/c1-15(2)24-20(27)18-10-25(9-17-7-5-4-6-8-17)11-22(18)12-26(13-22)21(28)19-16(3)23-14-29-19/h4-8,14-15,18H,9-13H2,1-3H3,(H,24,27). The average Bonchev–Trinajstić information content (AvgIpc) is 3.24. The van der Waals surface area contributed by atoms with E-state index in [9.17, 15) is 9.59 Å². The lowest BCUT2D eigenvalue weighted by atomic mass is 9.71. The van der Waals surface area contributed by atoms with E-state index >= 15 is 0 Å². The third-order valence-electron chi connectivity index (χ3n) is 5.95. The van der Waals surface area contributed by atoms with Gasteiger partial charge >= 0.3 is 0 Å².